The third kappa shape index (κ3) is 4.14. The maximum atomic E-state index is 13.8. The molecule has 2 fully saturated rings. The van der Waals surface area contributed by atoms with Crippen molar-refractivity contribution in [3.8, 4) is 0 Å². The van der Waals surface area contributed by atoms with E-state index in [-0.39, 0.29) is 5.91 Å². The molecular formula is C27H29ClN2O2. The lowest BCUT2D eigenvalue weighted by Crippen LogP contribution is -2.52. The smallest absolute Gasteiger partial charge is 0.233 e. The van der Waals surface area contributed by atoms with E-state index < -0.39 is 5.41 Å². The second kappa shape index (κ2) is 9.21. The number of benzene rings is 2. The number of halogens is 1. The number of aromatic nitrogens is 1. The van der Waals surface area contributed by atoms with Crippen molar-refractivity contribution in [2.75, 3.05) is 26.3 Å². The standard InChI is InChI=1S/C27H29ClN2O2/c28-24-8-6-23(7-9-24)27(12-17-32-18-13-27)26(31)30-15-10-20(11-16-30)19-22-4-1-3-21-5-2-14-29-25(21)22/h1-9,14,20H,10-13,15-19H2. The van der Waals surface area contributed by atoms with Crippen LogP contribution in [0.2, 0.25) is 5.02 Å². The molecule has 0 unspecified atom stereocenters. The first-order valence-corrected chi connectivity index (χ1v) is 12.0. The van der Waals surface area contributed by atoms with E-state index in [1.807, 2.05) is 36.5 Å². The quantitative estimate of drug-likeness (QED) is 0.535. The first-order chi connectivity index (χ1) is 15.7. The Balaban J connectivity index is 1.29. The van der Waals surface area contributed by atoms with Crippen LogP contribution in [0.4, 0.5) is 0 Å². The number of para-hydroxylation sites is 1. The Morgan fingerprint density at radius 3 is 2.50 bits per heavy atom. The van der Waals surface area contributed by atoms with E-state index in [2.05, 4.69) is 34.1 Å². The summed E-state index contributed by atoms with van der Waals surface area (Å²) in [5.74, 6) is 0.834. The predicted octanol–water partition coefficient (Wildman–Crippen LogP) is 5.42. The number of hydrogen-bond acceptors (Lipinski definition) is 3. The molecule has 2 aliphatic heterocycles. The molecule has 4 nitrogen and oxygen atoms in total. The molecule has 5 heteroatoms. The van der Waals surface area contributed by atoms with E-state index in [0.717, 1.165) is 56.3 Å². The number of piperidine rings is 1. The molecule has 2 saturated heterocycles. The summed E-state index contributed by atoms with van der Waals surface area (Å²) in [6.45, 7) is 2.88. The number of ether oxygens (including phenoxy) is 1. The molecule has 3 heterocycles. The van der Waals surface area contributed by atoms with Crippen LogP contribution in [0.5, 0.6) is 0 Å². The maximum absolute atomic E-state index is 13.8. The lowest BCUT2D eigenvalue weighted by atomic mass is 9.72. The van der Waals surface area contributed by atoms with Crippen LogP contribution in [0.15, 0.2) is 60.8 Å². The summed E-state index contributed by atoms with van der Waals surface area (Å²) in [6.07, 6.45) is 6.41. The fourth-order valence-corrected chi connectivity index (χ4v) is 5.53. The van der Waals surface area contributed by atoms with Crippen molar-refractivity contribution in [1.82, 2.24) is 9.88 Å². The highest BCUT2D eigenvalue weighted by atomic mass is 35.5. The molecule has 0 N–H and O–H groups in total. The Kier molecular flexibility index (Phi) is 6.16. The predicted molar refractivity (Wildman–Crippen MR) is 128 cm³/mol. The molecule has 166 valence electrons. The number of rotatable bonds is 4. The summed E-state index contributed by atoms with van der Waals surface area (Å²) in [5.41, 5.74) is 3.00. The van der Waals surface area contributed by atoms with Gasteiger partial charge >= 0.3 is 0 Å². The monoisotopic (exact) mass is 448 g/mol. The van der Waals surface area contributed by atoms with Gasteiger partial charge in [-0.2, -0.15) is 0 Å². The van der Waals surface area contributed by atoms with E-state index in [9.17, 15) is 4.79 Å². The first-order valence-electron chi connectivity index (χ1n) is 11.6. The van der Waals surface area contributed by atoms with Gasteiger partial charge < -0.3 is 9.64 Å². The zero-order valence-corrected chi connectivity index (χ0v) is 19.1. The van der Waals surface area contributed by atoms with Crippen LogP contribution >= 0.6 is 11.6 Å². The molecule has 5 rings (SSSR count). The van der Waals surface area contributed by atoms with Crippen LogP contribution in [0, 0.1) is 5.92 Å². The van der Waals surface area contributed by atoms with Crippen molar-refractivity contribution in [1.29, 1.82) is 0 Å². The normalized spacial score (nSPS) is 19.2. The molecule has 0 radical (unpaired) electrons. The highest BCUT2D eigenvalue weighted by Crippen LogP contribution is 2.38. The van der Waals surface area contributed by atoms with Crippen molar-refractivity contribution in [2.45, 2.75) is 37.5 Å². The molecule has 0 spiro atoms. The third-order valence-corrected chi connectivity index (χ3v) is 7.53. The van der Waals surface area contributed by atoms with Gasteiger partial charge in [0.05, 0.1) is 10.9 Å². The molecular weight excluding hydrogens is 420 g/mol. The molecule has 3 aromatic rings. The molecule has 0 atom stereocenters. The number of amides is 1. The lowest BCUT2D eigenvalue weighted by Gasteiger charge is -2.42. The van der Waals surface area contributed by atoms with Gasteiger partial charge in [0.1, 0.15) is 0 Å². The molecule has 0 bridgehead atoms. The SMILES string of the molecule is O=C(N1CCC(Cc2cccc3cccnc23)CC1)C1(c2ccc(Cl)cc2)CCOCC1. The minimum Gasteiger partial charge on any atom is -0.381 e. The van der Waals surface area contributed by atoms with Gasteiger partial charge in [0, 0.05) is 42.9 Å². The minimum absolute atomic E-state index is 0.258. The Labute approximate surface area is 194 Å². The van der Waals surface area contributed by atoms with Gasteiger partial charge in [0.25, 0.3) is 0 Å². The average molecular weight is 449 g/mol. The number of carbonyl (C=O) groups excluding carboxylic acids is 1. The molecule has 2 aliphatic rings. The molecule has 1 amide bonds. The second-order valence-electron chi connectivity index (χ2n) is 9.13. The van der Waals surface area contributed by atoms with Crippen LogP contribution < -0.4 is 0 Å². The van der Waals surface area contributed by atoms with E-state index >= 15 is 0 Å². The number of likely N-dealkylation sites (tertiary alicyclic amines) is 1. The number of carbonyl (C=O) groups is 1. The fraction of sp³-hybridized carbons (Fsp3) is 0.407. The summed E-state index contributed by atoms with van der Waals surface area (Å²) >= 11 is 6.12. The summed E-state index contributed by atoms with van der Waals surface area (Å²) in [7, 11) is 0. The summed E-state index contributed by atoms with van der Waals surface area (Å²) < 4.78 is 5.62. The Hall–Kier alpha value is -2.43. The van der Waals surface area contributed by atoms with Crippen molar-refractivity contribution in [3.05, 3.63) is 76.9 Å². The summed E-state index contributed by atoms with van der Waals surface area (Å²) in [6, 6.07) is 18.4. The van der Waals surface area contributed by atoms with Gasteiger partial charge in [-0.1, -0.05) is 48.0 Å². The van der Waals surface area contributed by atoms with E-state index in [1.54, 1.807) is 0 Å². The first kappa shape index (κ1) is 21.4. The van der Waals surface area contributed by atoms with Crippen LogP contribution in [0.1, 0.15) is 36.8 Å². The van der Waals surface area contributed by atoms with Crippen molar-refractivity contribution < 1.29 is 9.53 Å². The largest absolute Gasteiger partial charge is 0.381 e. The average Bonchev–Trinajstić information content (AvgIpc) is 2.85. The van der Waals surface area contributed by atoms with Crippen molar-refractivity contribution in [3.63, 3.8) is 0 Å². The van der Waals surface area contributed by atoms with Gasteiger partial charge in [-0.25, -0.2) is 0 Å². The summed E-state index contributed by atoms with van der Waals surface area (Å²) in [4.78, 5) is 20.5. The number of fused-ring (bicyclic) bond motifs is 1. The van der Waals surface area contributed by atoms with Crippen LogP contribution in [-0.2, 0) is 21.4 Å². The Bertz CT molecular complexity index is 1080. The molecule has 1 aromatic heterocycles. The van der Waals surface area contributed by atoms with E-state index in [0.29, 0.717) is 24.2 Å². The van der Waals surface area contributed by atoms with E-state index in [4.69, 9.17) is 16.3 Å². The van der Waals surface area contributed by atoms with Crippen LogP contribution in [0.3, 0.4) is 0 Å². The van der Waals surface area contributed by atoms with Crippen molar-refractivity contribution >= 4 is 28.4 Å². The number of nitrogens with zero attached hydrogens (tertiary/aromatic N) is 2. The topological polar surface area (TPSA) is 42.4 Å². The van der Waals surface area contributed by atoms with Gasteiger partial charge in [-0.15, -0.1) is 0 Å². The van der Waals surface area contributed by atoms with E-state index in [1.165, 1.54) is 10.9 Å². The Morgan fingerprint density at radius 2 is 1.75 bits per heavy atom. The maximum Gasteiger partial charge on any atom is 0.233 e. The zero-order valence-electron chi connectivity index (χ0n) is 18.3. The fourth-order valence-electron chi connectivity index (χ4n) is 5.40. The van der Waals surface area contributed by atoms with Gasteiger partial charge in [-0.05, 0) is 67.3 Å². The Morgan fingerprint density at radius 1 is 1.03 bits per heavy atom. The van der Waals surface area contributed by atoms with Gasteiger partial charge in [-0.3, -0.25) is 9.78 Å². The summed E-state index contributed by atoms with van der Waals surface area (Å²) in [5, 5.41) is 1.90. The second-order valence-corrected chi connectivity index (χ2v) is 9.57. The molecule has 2 aromatic carbocycles. The number of hydrogen-bond donors (Lipinski definition) is 0. The molecule has 32 heavy (non-hydrogen) atoms. The van der Waals surface area contributed by atoms with Crippen molar-refractivity contribution in [2.24, 2.45) is 5.92 Å². The van der Waals surface area contributed by atoms with Gasteiger partial charge in [0.2, 0.25) is 5.91 Å². The molecule has 0 aliphatic carbocycles. The zero-order chi connectivity index (χ0) is 22.0. The lowest BCUT2D eigenvalue weighted by molar-refractivity contribution is -0.142. The molecule has 0 saturated carbocycles. The minimum atomic E-state index is -0.491. The van der Waals surface area contributed by atoms with Gasteiger partial charge in [0.15, 0.2) is 0 Å². The number of pyridine rings is 1. The highest BCUT2D eigenvalue weighted by molar-refractivity contribution is 6.30. The third-order valence-electron chi connectivity index (χ3n) is 7.28. The van der Waals surface area contributed by atoms with Crippen LogP contribution in [0.25, 0.3) is 10.9 Å². The highest BCUT2D eigenvalue weighted by Gasteiger charge is 2.44. The van der Waals surface area contributed by atoms with Crippen LogP contribution in [-0.4, -0.2) is 42.1 Å².